The minimum atomic E-state index is -0.876. The van der Waals surface area contributed by atoms with Gasteiger partial charge in [-0.05, 0) is 62.6 Å². The molecule has 10 heteroatoms. The molecule has 0 aliphatic carbocycles. The van der Waals surface area contributed by atoms with Crippen LogP contribution in [0.5, 0.6) is 5.75 Å². The highest BCUT2D eigenvalue weighted by Crippen LogP contribution is 2.67. The molecule has 0 radical (unpaired) electrons. The van der Waals surface area contributed by atoms with Crippen molar-refractivity contribution in [2.24, 2.45) is 11.8 Å². The normalized spacial score (nSPS) is 25.8. The monoisotopic (exact) mass is 637 g/mol. The van der Waals surface area contributed by atoms with E-state index in [1.807, 2.05) is 44.2 Å². The third-order valence-electron chi connectivity index (χ3n) is 9.09. The van der Waals surface area contributed by atoms with Crippen molar-refractivity contribution in [3.63, 3.8) is 0 Å². The average molecular weight is 638 g/mol. The number of aliphatic hydroxyl groups excluding tert-OH is 1. The Morgan fingerprint density at radius 2 is 1.80 bits per heavy atom. The van der Waals surface area contributed by atoms with Crippen molar-refractivity contribution in [1.29, 1.82) is 0 Å². The lowest BCUT2D eigenvalue weighted by Crippen LogP contribution is -2.57. The van der Waals surface area contributed by atoms with Crippen molar-refractivity contribution in [3.05, 3.63) is 78.9 Å². The van der Waals surface area contributed by atoms with Crippen LogP contribution in [0.1, 0.15) is 33.1 Å². The van der Waals surface area contributed by atoms with E-state index in [-0.39, 0.29) is 42.7 Å². The topological polar surface area (TPSA) is 90.4 Å². The van der Waals surface area contributed by atoms with E-state index in [9.17, 15) is 19.5 Å². The number of aliphatic hydroxyl groups is 1. The van der Waals surface area contributed by atoms with Crippen LogP contribution in [0.2, 0.25) is 5.02 Å². The van der Waals surface area contributed by atoms with Crippen LogP contribution >= 0.6 is 23.4 Å². The summed E-state index contributed by atoms with van der Waals surface area (Å²) in [7, 11) is 0. The van der Waals surface area contributed by atoms with E-state index >= 15 is 0 Å². The number of halogens is 1. The van der Waals surface area contributed by atoms with Gasteiger partial charge < -0.3 is 24.5 Å². The summed E-state index contributed by atoms with van der Waals surface area (Å²) in [5.41, 5.74) is 1.22. The maximum atomic E-state index is 14.7. The largest absolute Gasteiger partial charge is 0.494 e. The number of para-hydroxylation sites is 1. The Balaban J connectivity index is 1.57. The fraction of sp³-hybridized carbons (Fsp3) is 0.441. The lowest BCUT2D eigenvalue weighted by molar-refractivity contribution is -0.141. The number of thioether (sulfide) groups is 1. The fourth-order valence-corrected chi connectivity index (χ4v) is 9.66. The Kier molecular flexibility index (Phi) is 9.77. The molecule has 3 amide bonds. The number of nitrogens with zero attached hydrogens (tertiary/aromatic N) is 3. The second-order valence-corrected chi connectivity index (χ2v) is 13.4. The van der Waals surface area contributed by atoms with E-state index in [0.717, 1.165) is 0 Å². The first-order chi connectivity index (χ1) is 21.3. The summed E-state index contributed by atoms with van der Waals surface area (Å²) >= 11 is 8.17. The zero-order valence-electron chi connectivity index (χ0n) is 25.2. The summed E-state index contributed by atoms with van der Waals surface area (Å²) in [6.07, 6.45) is 5.10. The molecule has 0 aromatic heterocycles. The maximum Gasteiger partial charge on any atom is 0.251 e. The zero-order chi connectivity index (χ0) is 31.6. The van der Waals surface area contributed by atoms with Crippen LogP contribution in [0.15, 0.2) is 73.8 Å². The SMILES string of the molecule is C=CCN(C(=O)[C@@H]1[C@H]2C(=O)N([C@@H](CC)CO)C(C(=O)N(CC=C)c3ccccc3Cl)C23CC[C@H]1S3)c1ccc(OCC)cc1. The van der Waals surface area contributed by atoms with Crippen molar-refractivity contribution in [2.45, 2.75) is 55.2 Å². The zero-order valence-corrected chi connectivity index (χ0v) is 26.8. The first-order valence-electron chi connectivity index (χ1n) is 15.2. The van der Waals surface area contributed by atoms with Crippen LogP contribution in [0.3, 0.4) is 0 Å². The second kappa shape index (κ2) is 13.4. The molecule has 3 heterocycles. The van der Waals surface area contributed by atoms with Crippen LogP contribution in [-0.4, -0.2) is 76.1 Å². The summed E-state index contributed by atoms with van der Waals surface area (Å²) in [4.78, 5) is 48.6. The van der Waals surface area contributed by atoms with E-state index in [0.29, 0.717) is 48.0 Å². The number of anilines is 2. The Labute approximate surface area is 268 Å². The van der Waals surface area contributed by atoms with Gasteiger partial charge in [-0.2, -0.15) is 0 Å². The van der Waals surface area contributed by atoms with Gasteiger partial charge in [-0.1, -0.05) is 42.8 Å². The molecule has 5 rings (SSSR count). The molecule has 2 bridgehead atoms. The Hall–Kier alpha value is -3.27. The van der Waals surface area contributed by atoms with Gasteiger partial charge in [-0.25, -0.2) is 0 Å². The lowest BCUT2D eigenvalue weighted by atomic mass is 9.70. The molecular formula is C34H40ClN3O5S. The lowest BCUT2D eigenvalue weighted by Gasteiger charge is -2.39. The molecule has 8 nitrogen and oxygen atoms in total. The maximum absolute atomic E-state index is 14.7. The van der Waals surface area contributed by atoms with Crippen LogP contribution < -0.4 is 14.5 Å². The molecule has 3 fully saturated rings. The van der Waals surface area contributed by atoms with E-state index < -0.39 is 28.7 Å². The van der Waals surface area contributed by atoms with Crippen molar-refractivity contribution in [2.75, 3.05) is 36.1 Å². The van der Waals surface area contributed by atoms with Crippen molar-refractivity contribution in [3.8, 4) is 5.75 Å². The first kappa shape index (κ1) is 32.1. The van der Waals surface area contributed by atoms with Crippen molar-refractivity contribution >= 4 is 52.5 Å². The molecule has 234 valence electrons. The molecule has 3 aliphatic heterocycles. The van der Waals surface area contributed by atoms with Gasteiger partial charge in [0.25, 0.3) is 5.91 Å². The summed E-state index contributed by atoms with van der Waals surface area (Å²) < 4.78 is 4.77. The number of hydrogen-bond acceptors (Lipinski definition) is 6. The van der Waals surface area contributed by atoms with Gasteiger partial charge >= 0.3 is 0 Å². The third kappa shape index (κ3) is 5.33. The van der Waals surface area contributed by atoms with Crippen molar-refractivity contribution in [1.82, 2.24) is 4.90 Å². The van der Waals surface area contributed by atoms with E-state index in [4.69, 9.17) is 16.3 Å². The quantitative estimate of drug-likeness (QED) is 0.298. The third-order valence-corrected chi connectivity index (χ3v) is 11.4. The van der Waals surface area contributed by atoms with Crippen LogP contribution in [0.25, 0.3) is 0 Å². The number of amides is 3. The molecular weight excluding hydrogens is 598 g/mol. The fourth-order valence-electron chi connectivity index (χ4n) is 7.23. The molecule has 2 unspecified atom stereocenters. The molecule has 6 atom stereocenters. The minimum Gasteiger partial charge on any atom is -0.494 e. The van der Waals surface area contributed by atoms with Crippen LogP contribution in [0.4, 0.5) is 11.4 Å². The van der Waals surface area contributed by atoms with Gasteiger partial charge in [0.1, 0.15) is 11.8 Å². The first-order valence-corrected chi connectivity index (χ1v) is 16.5. The summed E-state index contributed by atoms with van der Waals surface area (Å²) in [5, 5.41) is 10.7. The second-order valence-electron chi connectivity index (χ2n) is 11.4. The van der Waals surface area contributed by atoms with Gasteiger partial charge in [0, 0.05) is 24.0 Å². The number of rotatable bonds is 13. The standard InChI is InChI=1S/C34H40ClN3O5S/c1-5-19-36(23-13-15-24(16-14-23)43-8-4)31(40)28-27-17-18-34(44-27)29(28)32(41)38(22(7-3)21-39)30(34)33(42)37(20-6-2)26-12-10-9-11-25(26)35/h5-6,9-16,22,27-30,39H,1-2,7-8,17-21H2,3-4H3/t22-,27+,28-,29-,30?,34?/m0/s1. The minimum absolute atomic E-state index is 0.119. The number of carbonyl (C=O) groups is 3. The van der Waals surface area contributed by atoms with Gasteiger partial charge in [-0.15, -0.1) is 24.9 Å². The number of benzene rings is 2. The van der Waals surface area contributed by atoms with E-state index in [1.165, 1.54) is 0 Å². The van der Waals surface area contributed by atoms with E-state index in [2.05, 4.69) is 13.2 Å². The van der Waals surface area contributed by atoms with Gasteiger partial charge in [-0.3, -0.25) is 14.4 Å². The average Bonchev–Trinajstić information content (AvgIpc) is 3.67. The number of hydrogen-bond donors (Lipinski definition) is 1. The predicted octanol–water partition coefficient (Wildman–Crippen LogP) is 5.34. The van der Waals surface area contributed by atoms with Gasteiger partial charge in [0.05, 0.1) is 46.5 Å². The molecule has 3 aliphatic rings. The number of fused-ring (bicyclic) bond motifs is 1. The molecule has 2 aromatic carbocycles. The highest BCUT2D eigenvalue weighted by molar-refractivity contribution is 8.02. The Morgan fingerprint density at radius 3 is 2.41 bits per heavy atom. The molecule has 0 saturated carbocycles. The van der Waals surface area contributed by atoms with E-state index in [1.54, 1.807) is 56.8 Å². The van der Waals surface area contributed by atoms with Gasteiger partial charge in [0.2, 0.25) is 11.8 Å². The molecule has 2 aromatic rings. The number of likely N-dealkylation sites (tertiary alicyclic amines) is 1. The van der Waals surface area contributed by atoms with Crippen molar-refractivity contribution < 1.29 is 24.2 Å². The smallest absolute Gasteiger partial charge is 0.251 e. The molecule has 1 N–H and O–H groups in total. The highest BCUT2D eigenvalue weighted by atomic mass is 35.5. The highest BCUT2D eigenvalue weighted by Gasteiger charge is 2.74. The predicted molar refractivity (Wildman–Crippen MR) is 176 cm³/mol. The van der Waals surface area contributed by atoms with Gasteiger partial charge in [0.15, 0.2) is 0 Å². The molecule has 44 heavy (non-hydrogen) atoms. The van der Waals surface area contributed by atoms with Crippen LogP contribution in [0, 0.1) is 11.8 Å². The Morgan fingerprint density at radius 1 is 1.11 bits per heavy atom. The number of carbonyl (C=O) groups excluding carboxylic acids is 3. The summed E-state index contributed by atoms with van der Waals surface area (Å²) in [6.45, 7) is 12.3. The van der Waals surface area contributed by atoms with Crippen LogP contribution in [-0.2, 0) is 14.4 Å². The Bertz CT molecular complexity index is 1420. The summed E-state index contributed by atoms with van der Waals surface area (Å²) in [6, 6.07) is 13.0. The number of ether oxygens (including phenoxy) is 1. The summed E-state index contributed by atoms with van der Waals surface area (Å²) in [5.74, 6) is -1.32. The molecule has 1 spiro atoms. The molecule has 3 saturated heterocycles.